The zero-order valence-electron chi connectivity index (χ0n) is 16.6. The van der Waals surface area contributed by atoms with Gasteiger partial charge in [0.2, 0.25) is 0 Å². The van der Waals surface area contributed by atoms with Gasteiger partial charge in [0.15, 0.2) is 5.96 Å². The van der Waals surface area contributed by atoms with Crippen LogP contribution >= 0.6 is 0 Å². The van der Waals surface area contributed by atoms with Gasteiger partial charge in [-0.15, -0.1) is 0 Å². The summed E-state index contributed by atoms with van der Waals surface area (Å²) in [5, 5.41) is 0. The van der Waals surface area contributed by atoms with Crippen LogP contribution in [0.5, 0.6) is 0 Å². The standard InChI is InChI=1S/C22H34N4/c1-22(2,3)25-21(24)26-13-11-16(12-14-26)18-9-10-20(23)19(15-18)17-7-5-4-6-8-17/h7,9-10,15-16H,4-6,8,11-14,23H2,1-3H3,(H2,24,25). The van der Waals surface area contributed by atoms with Gasteiger partial charge in [0.1, 0.15) is 0 Å². The number of nitrogens with two attached hydrogens (primary N) is 2. The molecule has 0 atom stereocenters. The molecule has 1 fully saturated rings. The van der Waals surface area contributed by atoms with Crippen LogP contribution in [0.15, 0.2) is 29.3 Å². The highest BCUT2D eigenvalue weighted by Crippen LogP contribution is 2.35. The van der Waals surface area contributed by atoms with Crippen molar-refractivity contribution in [3.05, 3.63) is 35.4 Å². The molecular formula is C22H34N4. The van der Waals surface area contributed by atoms with E-state index in [1.54, 1.807) is 0 Å². The fourth-order valence-corrected chi connectivity index (χ4v) is 4.04. The van der Waals surface area contributed by atoms with Crippen LogP contribution in [-0.2, 0) is 0 Å². The summed E-state index contributed by atoms with van der Waals surface area (Å²) in [6.45, 7) is 8.20. The van der Waals surface area contributed by atoms with Gasteiger partial charge >= 0.3 is 0 Å². The number of likely N-dealkylation sites (tertiary alicyclic amines) is 1. The van der Waals surface area contributed by atoms with Gasteiger partial charge in [-0.25, -0.2) is 4.99 Å². The summed E-state index contributed by atoms with van der Waals surface area (Å²) in [4.78, 5) is 6.84. The molecule has 0 spiro atoms. The summed E-state index contributed by atoms with van der Waals surface area (Å²) in [5.41, 5.74) is 17.4. The number of allylic oxidation sites excluding steroid dienone is 2. The molecule has 3 rings (SSSR count). The minimum Gasteiger partial charge on any atom is -0.398 e. The van der Waals surface area contributed by atoms with E-state index >= 15 is 0 Å². The van der Waals surface area contributed by atoms with E-state index < -0.39 is 0 Å². The van der Waals surface area contributed by atoms with Crippen LogP contribution in [0.2, 0.25) is 0 Å². The summed E-state index contributed by atoms with van der Waals surface area (Å²) in [6.07, 6.45) is 9.53. The molecule has 142 valence electrons. The summed E-state index contributed by atoms with van der Waals surface area (Å²) in [7, 11) is 0. The number of hydrogen-bond donors (Lipinski definition) is 2. The quantitative estimate of drug-likeness (QED) is 0.466. The van der Waals surface area contributed by atoms with E-state index in [1.165, 1.54) is 36.0 Å². The molecule has 1 heterocycles. The molecule has 0 unspecified atom stereocenters. The van der Waals surface area contributed by atoms with Crippen LogP contribution < -0.4 is 11.5 Å². The molecular weight excluding hydrogens is 320 g/mol. The van der Waals surface area contributed by atoms with Gasteiger partial charge in [-0.2, -0.15) is 0 Å². The van der Waals surface area contributed by atoms with E-state index in [4.69, 9.17) is 11.5 Å². The van der Waals surface area contributed by atoms with Crippen LogP contribution in [0.4, 0.5) is 5.69 Å². The molecule has 1 aliphatic carbocycles. The predicted octanol–water partition coefficient (Wildman–Crippen LogP) is 4.52. The molecule has 0 saturated carbocycles. The molecule has 4 heteroatoms. The first kappa shape index (κ1) is 18.8. The second-order valence-electron chi connectivity index (χ2n) is 8.72. The SMILES string of the molecule is CC(C)(C)N=C(N)N1CCC(c2ccc(N)c(C3=CCCCC3)c2)CC1. The van der Waals surface area contributed by atoms with Crippen molar-refractivity contribution in [1.82, 2.24) is 4.90 Å². The van der Waals surface area contributed by atoms with Crippen molar-refractivity contribution < 1.29 is 0 Å². The third kappa shape index (κ3) is 4.60. The minimum absolute atomic E-state index is 0.124. The Hall–Kier alpha value is -1.97. The monoisotopic (exact) mass is 354 g/mol. The molecule has 0 bridgehead atoms. The van der Waals surface area contributed by atoms with E-state index in [2.05, 4.69) is 54.9 Å². The second-order valence-corrected chi connectivity index (χ2v) is 8.72. The van der Waals surface area contributed by atoms with E-state index in [9.17, 15) is 0 Å². The topological polar surface area (TPSA) is 67.6 Å². The van der Waals surface area contributed by atoms with E-state index in [0.29, 0.717) is 11.9 Å². The number of benzene rings is 1. The maximum atomic E-state index is 6.29. The van der Waals surface area contributed by atoms with E-state index in [0.717, 1.165) is 38.0 Å². The van der Waals surface area contributed by atoms with Crippen LogP contribution in [0.1, 0.15) is 76.3 Å². The molecule has 0 amide bonds. The molecule has 1 aromatic rings. The first-order valence-corrected chi connectivity index (χ1v) is 10.0. The molecule has 0 aromatic heterocycles. The lowest BCUT2D eigenvalue weighted by Crippen LogP contribution is -2.43. The first-order chi connectivity index (χ1) is 12.3. The largest absolute Gasteiger partial charge is 0.398 e. The van der Waals surface area contributed by atoms with E-state index in [1.807, 2.05) is 0 Å². The Bertz CT molecular complexity index is 689. The third-order valence-corrected chi connectivity index (χ3v) is 5.45. The summed E-state index contributed by atoms with van der Waals surface area (Å²) < 4.78 is 0. The number of hydrogen-bond acceptors (Lipinski definition) is 2. The lowest BCUT2D eigenvalue weighted by Gasteiger charge is -2.34. The molecule has 1 saturated heterocycles. The fraction of sp³-hybridized carbons (Fsp3) is 0.591. The van der Waals surface area contributed by atoms with Crippen molar-refractivity contribution >= 4 is 17.2 Å². The number of guanidine groups is 1. The van der Waals surface area contributed by atoms with Crippen molar-refractivity contribution in [3.63, 3.8) is 0 Å². The van der Waals surface area contributed by atoms with Crippen molar-refractivity contribution in [1.29, 1.82) is 0 Å². The van der Waals surface area contributed by atoms with Crippen LogP contribution in [0.3, 0.4) is 0 Å². The van der Waals surface area contributed by atoms with E-state index in [-0.39, 0.29) is 5.54 Å². The number of rotatable bonds is 2. The summed E-state index contributed by atoms with van der Waals surface area (Å²) in [5.74, 6) is 1.26. The smallest absolute Gasteiger partial charge is 0.191 e. The van der Waals surface area contributed by atoms with Crippen LogP contribution in [-0.4, -0.2) is 29.5 Å². The number of nitrogens with zero attached hydrogens (tertiary/aromatic N) is 2. The molecule has 4 nitrogen and oxygen atoms in total. The molecule has 1 aliphatic heterocycles. The lowest BCUT2D eigenvalue weighted by atomic mass is 9.85. The fourth-order valence-electron chi connectivity index (χ4n) is 4.04. The first-order valence-electron chi connectivity index (χ1n) is 10.0. The highest BCUT2D eigenvalue weighted by molar-refractivity contribution is 5.79. The molecule has 26 heavy (non-hydrogen) atoms. The molecule has 1 aromatic carbocycles. The maximum absolute atomic E-state index is 6.29. The second kappa shape index (κ2) is 7.73. The van der Waals surface area contributed by atoms with Crippen LogP contribution in [0, 0.1) is 0 Å². The molecule has 4 N–H and O–H groups in total. The summed E-state index contributed by atoms with van der Waals surface area (Å²) >= 11 is 0. The average molecular weight is 355 g/mol. The van der Waals surface area contributed by atoms with Gasteiger partial charge in [-0.3, -0.25) is 0 Å². The molecule has 2 aliphatic rings. The van der Waals surface area contributed by atoms with Gasteiger partial charge in [0.25, 0.3) is 0 Å². The average Bonchev–Trinajstić information content (AvgIpc) is 2.61. The Morgan fingerprint density at radius 2 is 1.88 bits per heavy atom. The number of anilines is 1. The van der Waals surface area contributed by atoms with Crippen molar-refractivity contribution in [3.8, 4) is 0 Å². The van der Waals surface area contributed by atoms with Gasteiger partial charge in [-0.1, -0.05) is 12.1 Å². The summed E-state index contributed by atoms with van der Waals surface area (Å²) in [6, 6.07) is 6.66. The predicted molar refractivity (Wildman–Crippen MR) is 112 cm³/mol. The van der Waals surface area contributed by atoms with Crippen molar-refractivity contribution in [2.45, 2.75) is 70.8 Å². The normalized spacial score (nSPS) is 20.2. The third-order valence-electron chi connectivity index (χ3n) is 5.45. The van der Waals surface area contributed by atoms with Crippen molar-refractivity contribution in [2.75, 3.05) is 18.8 Å². The minimum atomic E-state index is -0.124. The molecule has 0 radical (unpaired) electrons. The Morgan fingerprint density at radius 3 is 2.50 bits per heavy atom. The van der Waals surface area contributed by atoms with Crippen molar-refractivity contribution in [2.24, 2.45) is 10.7 Å². The highest BCUT2D eigenvalue weighted by atomic mass is 15.3. The Balaban J connectivity index is 1.70. The number of aliphatic imine (C=N–C) groups is 1. The number of piperidine rings is 1. The maximum Gasteiger partial charge on any atom is 0.191 e. The zero-order valence-corrected chi connectivity index (χ0v) is 16.6. The Morgan fingerprint density at radius 1 is 1.15 bits per heavy atom. The van der Waals surface area contributed by atoms with Gasteiger partial charge in [0.05, 0.1) is 5.54 Å². The lowest BCUT2D eigenvalue weighted by molar-refractivity contribution is 0.307. The zero-order chi connectivity index (χ0) is 18.7. The van der Waals surface area contributed by atoms with Gasteiger partial charge < -0.3 is 16.4 Å². The van der Waals surface area contributed by atoms with Gasteiger partial charge in [0, 0.05) is 24.3 Å². The van der Waals surface area contributed by atoms with Gasteiger partial charge in [-0.05, 0) is 88.5 Å². The Labute approximate surface area is 158 Å². The number of nitrogen functional groups attached to an aromatic ring is 1. The Kier molecular flexibility index (Phi) is 5.59. The van der Waals surface area contributed by atoms with Crippen LogP contribution in [0.25, 0.3) is 5.57 Å². The highest BCUT2D eigenvalue weighted by Gasteiger charge is 2.23.